The Kier molecular flexibility index (Phi) is 7.67. The second kappa shape index (κ2) is 11.9. The van der Waals surface area contributed by atoms with Gasteiger partial charge in [-0.2, -0.15) is 5.10 Å². The van der Waals surface area contributed by atoms with Gasteiger partial charge in [-0.1, -0.05) is 54.6 Å². The van der Waals surface area contributed by atoms with Crippen molar-refractivity contribution < 1.29 is 19.5 Å². The summed E-state index contributed by atoms with van der Waals surface area (Å²) in [6.45, 7) is 2.45. The van der Waals surface area contributed by atoms with E-state index in [1.807, 2.05) is 30.3 Å². The fourth-order valence-electron chi connectivity index (χ4n) is 5.44. The van der Waals surface area contributed by atoms with Gasteiger partial charge >= 0.3 is 0 Å². The standard InChI is InChI=1S/C33H30N6O4/c34-32(42)27-11-13-29-36-30(31(39(29)37-27)23-4-2-1-3-5-23)22-8-6-21(7-9-22)19-38-16-14-26(15-17-38)35-33(43)24-10-12-28(41)25(18-24)20-40/h1-13,18,20,26,41H,14-17,19H2,(H2,34,42)(H,35,43). The van der Waals surface area contributed by atoms with Gasteiger partial charge in [-0.15, -0.1) is 0 Å². The predicted octanol–water partition coefficient (Wildman–Crippen LogP) is 4.07. The summed E-state index contributed by atoms with van der Waals surface area (Å²) in [6, 6.07) is 25.8. The quantitative estimate of drug-likeness (QED) is 0.237. The fourth-order valence-corrected chi connectivity index (χ4v) is 5.44. The van der Waals surface area contributed by atoms with Crippen LogP contribution in [-0.2, 0) is 6.54 Å². The number of fused-ring (bicyclic) bond motifs is 1. The van der Waals surface area contributed by atoms with Gasteiger partial charge in [0.05, 0.1) is 11.3 Å². The van der Waals surface area contributed by atoms with Crippen molar-refractivity contribution in [1.82, 2.24) is 24.8 Å². The molecule has 0 saturated carbocycles. The van der Waals surface area contributed by atoms with E-state index in [9.17, 15) is 19.5 Å². The predicted molar refractivity (Wildman–Crippen MR) is 162 cm³/mol. The van der Waals surface area contributed by atoms with E-state index in [-0.39, 0.29) is 29.0 Å². The second-order valence-electron chi connectivity index (χ2n) is 10.6. The Labute approximate surface area is 247 Å². The summed E-state index contributed by atoms with van der Waals surface area (Å²) in [5, 5.41) is 17.2. The van der Waals surface area contributed by atoms with Gasteiger partial charge in [0.25, 0.3) is 11.8 Å². The van der Waals surface area contributed by atoms with Gasteiger partial charge in [0, 0.05) is 42.4 Å². The van der Waals surface area contributed by atoms with Gasteiger partial charge in [0.1, 0.15) is 17.1 Å². The van der Waals surface area contributed by atoms with Gasteiger partial charge < -0.3 is 16.2 Å². The molecule has 1 aliphatic rings. The van der Waals surface area contributed by atoms with Crippen molar-refractivity contribution in [3.63, 3.8) is 0 Å². The number of nitrogens with two attached hydrogens (primary N) is 1. The second-order valence-corrected chi connectivity index (χ2v) is 10.6. The molecular formula is C33H30N6O4. The van der Waals surface area contributed by atoms with E-state index in [1.165, 1.54) is 18.2 Å². The monoisotopic (exact) mass is 574 g/mol. The summed E-state index contributed by atoms with van der Waals surface area (Å²) in [5.41, 5.74) is 11.3. The minimum atomic E-state index is -0.600. The molecule has 0 bridgehead atoms. The molecule has 2 amide bonds. The van der Waals surface area contributed by atoms with Crippen molar-refractivity contribution in [2.45, 2.75) is 25.4 Å². The maximum absolute atomic E-state index is 12.7. The zero-order valence-corrected chi connectivity index (χ0v) is 23.3. The number of aromatic hydroxyl groups is 1. The molecule has 0 radical (unpaired) electrons. The average molecular weight is 575 g/mol. The number of nitrogens with one attached hydrogen (secondary N) is 1. The topological polar surface area (TPSA) is 143 Å². The SMILES string of the molecule is NC(=O)c1ccc2nc(-c3ccc(CN4CCC(NC(=O)c5ccc(O)c(C=O)c5)CC4)cc3)c(-c3ccccc3)n2n1. The van der Waals surface area contributed by atoms with E-state index in [4.69, 9.17) is 10.7 Å². The first-order valence-electron chi connectivity index (χ1n) is 14.1. The summed E-state index contributed by atoms with van der Waals surface area (Å²) in [5.74, 6) is -0.990. The maximum atomic E-state index is 12.7. The first-order chi connectivity index (χ1) is 20.9. The number of carbonyl (C=O) groups is 3. The van der Waals surface area contributed by atoms with Crippen molar-refractivity contribution in [3.05, 3.63) is 107 Å². The molecule has 0 aliphatic carbocycles. The number of piperidine rings is 1. The van der Waals surface area contributed by atoms with Crippen molar-refractivity contribution in [1.29, 1.82) is 0 Å². The highest BCUT2D eigenvalue weighted by Gasteiger charge is 2.22. The number of amides is 2. The third-order valence-electron chi connectivity index (χ3n) is 7.75. The van der Waals surface area contributed by atoms with E-state index < -0.39 is 5.91 Å². The molecule has 2 aromatic heterocycles. The van der Waals surface area contributed by atoms with E-state index in [0.717, 1.165) is 60.6 Å². The number of aldehydes is 1. The molecule has 1 fully saturated rings. The van der Waals surface area contributed by atoms with Crippen LogP contribution in [-0.4, -0.2) is 61.8 Å². The lowest BCUT2D eigenvalue weighted by molar-refractivity contribution is 0.0908. The summed E-state index contributed by atoms with van der Waals surface area (Å²) < 4.78 is 1.67. The summed E-state index contributed by atoms with van der Waals surface area (Å²) in [4.78, 5) is 42.8. The molecule has 4 N–H and O–H groups in total. The number of hydrogen-bond donors (Lipinski definition) is 3. The number of nitrogens with zero attached hydrogens (tertiary/aromatic N) is 4. The number of phenols is 1. The van der Waals surface area contributed by atoms with Crippen LogP contribution in [0.5, 0.6) is 5.75 Å². The van der Waals surface area contributed by atoms with Crippen LogP contribution in [0, 0.1) is 0 Å². The summed E-state index contributed by atoms with van der Waals surface area (Å²) >= 11 is 0. The summed E-state index contributed by atoms with van der Waals surface area (Å²) in [7, 11) is 0. The van der Waals surface area contributed by atoms with Crippen LogP contribution in [0.15, 0.2) is 84.9 Å². The third kappa shape index (κ3) is 5.86. The normalized spacial score (nSPS) is 14.0. The number of likely N-dealkylation sites (tertiary alicyclic amines) is 1. The molecule has 1 aliphatic heterocycles. The first-order valence-corrected chi connectivity index (χ1v) is 14.1. The molecule has 0 spiro atoms. The Balaban J connectivity index is 1.13. The Morgan fingerprint density at radius 3 is 2.40 bits per heavy atom. The van der Waals surface area contributed by atoms with Crippen LogP contribution >= 0.6 is 0 Å². The molecule has 3 heterocycles. The highest BCUT2D eigenvalue weighted by molar-refractivity contribution is 5.96. The minimum absolute atomic E-state index is 0.0368. The third-order valence-corrected chi connectivity index (χ3v) is 7.75. The number of imidazole rings is 1. The van der Waals surface area contributed by atoms with Gasteiger partial charge in [-0.05, 0) is 48.7 Å². The van der Waals surface area contributed by atoms with E-state index in [1.54, 1.807) is 16.6 Å². The average Bonchev–Trinajstić information content (AvgIpc) is 3.42. The number of carbonyl (C=O) groups excluding carboxylic acids is 3. The van der Waals surface area contributed by atoms with Crippen molar-refractivity contribution in [2.24, 2.45) is 5.73 Å². The van der Waals surface area contributed by atoms with Crippen LogP contribution in [0.2, 0.25) is 0 Å². The minimum Gasteiger partial charge on any atom is -0.507 e. The molecule has 0 unspecified atom stereocenters. The Morgan fingerprint density at radius 1 is 0.953 bits per heavy atom. The van der Waals surface area contributed by atoms with E-state index in [0.29, 0.717) is 17.5 Å². The molecule has 1 saturated heterocycles. The number of primary amides is 1. The molecular weight excluding hydrogens is 544 g/mol. The Bertz CT molecular complexity index is 1810. The van der Waals surface area contributed by atoms with Crippen LogP contribution in [0.4, 0.5) is 0 Å². The molecule has 5 aromatic rings. The lowest BCUT2D eigenvalue weighted by Gasteiger charge is -2.32. The first kappa shape index (κ1) is 27.8. The lowest BCUT2D eigenvalue weighted by Crippen LogP contribution is -2.44. The molecule has 216 valence electrons. The number of aromatic nitrogens is 3. The largest absolute Gasteiger partial charge is 0.507 e. The van der Waals surface area contributed by atoms with Gasteiger partial charge in [-0.3, -0.25) is 19.3 Å². The van der Waals surface area contributed by atoms with Gasteiger partial charge in [0.2, 0.25) is 0 Å². The Hall–Kier alpha value is -5.35. The molecule has 10 heteroatoms. The Morgan fingerprint density at radius 2 is 1.70 bits per heavy atom. The molecule has 0 atom stereocenters. The molecule has 6 rings (SSSR count). The number of benzene rings is 3. The van der Waals surface area contributed by atoms with Crippen molar-refractivity contribution in [3.8, 4) is 28.3 Å². The maximum Gasteiger partial charge on any atom is 0.269 e. The fraction of sp³-hybridized carbons (Fsp3) is 0.182. The molecule has 10 nitrogen and oxygen atoms in total. The van der Waals surface area contributed by atoms with Crippen LogP contribution in [0.1, 0.15) is 49.6 Å². The molecule has 3 aromatic carbocycles. The molecule has 43 heavy (non-hydrogen) atoms. The summed E-state index contributed by atoms with van der Waals surface area (Å²) in [6.07, 6.45) is 2.16. The van der Waals surface area contributed by atoms with E-state index >= 15 is 0 Å². The van der Waals surface area contributed by atoms with Crippen molar-refractivity contribution in [2.75, 3.05) is 13.1 Å². The van der Waals surface area contributed by atoms with Crippen molar-refractivity contribution >= 4 is 23.7 Å². The zero-order chi connectivity index (χ0) is 29.9. The highest BCUT2D eigenvalue weighted by atomic mass is 16.3. The smallest absolute Gasteiger partial charge is 0.269 e. The van der Waals surface area contributed by atoms with Crippen LogP contribution in [0.25, 0.3) is 28.2 Å². The number of phenolic OH excluding ortho intramolecular Hbond substituents is 1. The van der Waals surface area contributed by atoms with Crippen LogP contribution < -0.4 is 11.1 Å². The van der Waals surface area contributed by atoms with Crippen LogP contribution in [0.3, 0.4) is 0 Å². The number of hydrogen-bond acceptors (Lipinski definition) is 7. The number of rotatable bonds is 8. The van der Waals surface area contributed by atoms with Gasteiger partial charge in [0.15, 0.2) is 11.9 Å². The lowest BCUT2D eigenvalue weighted by atomic mass is 10.0. The highest BCUT2D eigenvalue weighted by Crippen LogP contribution is 2.32. The van der Waals surface area contributed by atoms with E-state index in [2.05, 4.69) is 39.6 Å². The van der Waals surface area contributed by atoms with Gasteiger partial charge in [-0.25, -0.2) is 9.50 Å². The zero-order valence-electron chi connectivity index (χ0n) is 23.3.